The van der Waals surface area contributed by atoms with Crippen molar-refractivity contribution in [1.82, 2.24) is 14.9 Å². The van der Waals surface area contributed by atoms with Crippen molar-refractivity contribution in [2.45, 2.75) is 59.5 Å². The first-order valence-electron chi connectivity index (χ1n) is 11.9. The summed E-state index contributed by atoms with van der Waals surface area (Å²) in [6, 6.07) is 8.50. The van der Waals surface area contributed by atoms with E-state index in [1.807, 2.05) is 52.0 Å². The first-order chi connectivity index (χ1) is 16.6. The molecule has 1 unspecified atom stereocenters. The molecule has 2 atom stereocenters. The maximum atomic E-state index is 14.3. The molecule has 0 saturated carbocycles. The first kappa shape index (κ1) is 26.3. The summed E-state index contributed by atoms with van der Waals surface area (Å²) in [5.41, 5.74) is 5.01. The van der Waals surface area contributed by atoms with Gasteiger partial charge in [-0.3, -0.25) is 14.6 Å². The van der Waals surface area contributed by atoms with E-state index in [0.29, 0.717) is 18.5 Å². The fourth-order valence-corrected chi connectivity index (χ4v) is 4.56. The normalized spacial score (nSPS) is 13.1. The van der Waals surface area contributed by atoms with Crippen LogP contribution in [0.25, 0.3) is 11.1 Å². The lowest BCUT2D eigenvalue weighted by atomic mass is 9.94. The average Bonchev–Trinajstić information content (AvgIpc) is 2.78. The van der Waals surface area contributed by atoms with Gasteiger partial charge >= 0.3 is 5.97 Å². The SMILES string of the molecule is Cc1cc(=O)n(C(CN[C@@H](CC(=O)O)c2cncc(-c3c(C)cccc3C)c2)CC(C)C)cc1F. The van der Waals surface area contributed by atoms with Crippen LogP contribution in [0.2, 0.25) is 0 Å². The number of hydrogen-bond acceptors (Lipinski definition) is 4. The summed E-state index contributed by atoms with van der Waals surface area (Å²) >= 11 is 0. The van der Waals surface area contributed by atoms with Gasteiger partial charge < -0.3 is 15.0 Å². The number of carboxylic acid groups (broad SMARTS) is 1. The number of carboxylic acids is 1. The van der Waals surface area contributed by atoms with E-state index in [1.54, 1.807) is 19.3 Å². The van der Waals surface area contributed by atoms with Gasteiger partial charge in [0.15, 0.2) is 0 Å². The molecule has 0 amide bonds. The molecule has 0 radical (unpaired) electrons. The molecule has 35 heavy (non-hydrogen) atoms. The Morgan fingerprint density at radius 3 is 2.43 bits per heavy atom. The van der Waals surface area contributed by atoms with Crippen LogP contribution in [-0.4, -0.2) is 27.2 Å². The van der Waals surface area contributed by atoms with Crippen LogP contribution in [0.15, 0.2) is 53.7 Å². The van der Waals surface area contributed by atoms with E-state index in [0.717, 1.165) is 27.8 Å². The second-order valence-corrected chi connectivity index (χ2v) is 9.67. The summed E-state index contributed by atoms with van der Waals surface area (Å²) in [5, 5.41) is 12.9. The lowest BCUT2D eigenvalue weighted by Crippen LogP contribution is -2.35. The van der Waals surface area contributed by atoms with Gasteiger partial charge in [0.2, 0.25) is 0 Å². The van der Waals surface area contributed by atoms with E-state index in [9.17, 15) is 19.1 Å². The second-order valence-electron chi connectivity index (χ2n) is 9.67. The number of benzene rings is 1. The van der Waals surface area contributed by atoms with Crippen molar-refractivity contribution < 1.29 is 14.3 Å². The number of aliphatic carboxylic acids is 1. The minimum atomic E-state index is -0.945. The Kier molecular flexibility index (Phi) is 8.57. The molecule has 0 bridgehead atoms. The van der Waals surface area contributed by atoms with Crippen molar-refractivity contribution >= 4 is 5.97 Å². The molecule has 0 aliphatic rings. The molecule has 3 rings (SSSR count). The Morgan fingerprint density at radius 1 is 1.11 bits per heavy atom. The molecule has 0 aliphatic carbocycles. The molecule has 0 spiro atoms. The Hall–Kier alpha value is -3.32. The van der Waals surface area contributed by atoms with E-state index in [2.05, 4.69) is 10.3 Å². The van der Waals surface area contributed by atoms with Crippen LogP contribution >= 0.6 is 0 Å². The van der Waals surface area contributed by atoms with Gasteiger partial charge in [-0.25, -0.2) is 4.39 Å². The molecule has 2 N–H and O–H groups in total. The summed E-state index contributed by atoms with van der Waals surface area (Å²) in [6.45, 7) is 10.0. The van der Waals surface area contributed by atoms with Gasteiger partial charge in [-0.2, -0.15) is 0 Å². The first-order valence-corrected chi connectivity index (χ1v) is 11.9. The number of hydrogen-bond donors (Lipinski definition) is 2. The smallest absolute Gasteiger partial charge is 0.305 e. The van der Waals surface area contributed by atoms with Crippen molar-refractivity contribution in [2.75, 3.05) is 6.54 Å². The summed E-state index contributed by atoms with van der Waals surface area (Å²) in [4.78, 5) is 28.7. The highest BCUT2D eigenvalue weighted by Crippen LogP contribution is 2.29. The molecule has 186 valence electrons. The van der Waals surface area contributed by atoms with Crippen molar-refractivity contribution in [1.29, 1.82) is 0 Å². The largest absolute Gasteiger partial charge is 0.481 e. The van der Waals surface area contributed by atoms with Crippen molar-refractivity contribution in [3.8, 4) is 11.1 Å². The number of carbonyl (C=O) groups is 1. The van der Waals surface area contributed by atoms with E-state index in [1.165, 1.54) is 16.8 Å². The third-order valence-electron chi connectivity index (χ3n) is 6.27. The molecule has 1 aromatic carbocycles. The summed E-state index contributed by atoms with van der Waals surface area (Å²) in [7, 11) is 0. The Balaban J connectivity index is 1.93. The summed E-state index contributed by atoms with van der Waals surface area (Å²) in [6.07, 6.45) is 5.20. The lowest BCUT2D eigenvalue weighted by molar-refractivity contribution is -0.137. The zero-order valence-electron chi connectivity index (χ0n) is 21.0. The predicted molar refractivity (Wildman–Crippen MR) is 136 cm³/mol. The van der Waals surface area contributed by atoms with E-state index >= 15 is 0 Å². The van der Waals surface area contributed by atoms with E-state index < -0.39 is 17.8 Å². The van der Waals surface area contributed by atoms with Crippen LogP contribution in [0.1, 0.15) is 61.0 Å². The number of halogens is 1. The van der Waals surface area contributed by atoms with Gasteiger partial charge in [0.05, 0.1) is 6.42 Å². The highest BCUT2D eigenvalue weighted by atomic mass is 19.1. The highest BCUT2D eigenvalue weighted by Gasteiger charge is 2.21. The van der Waals surface area contributed by atoms with Crippen molar-refractivity contribution in [3.63, 3.8) is 0 Å². The number of nitrogens with zero attached hydrogens (tertiary/aromatic N) is 2. The Morgan fingerprint density at radius 2 is 1.80 bits per heavy atom. The molecule has 0 saturated heterocycles. The van der Waals surface area contributed by atoms with Crippen LogP contribution in [-0.2, 0) is 4.79 Å². The van der Waals surface area contributed by atoms with Gasteiger partial charge in [-0.05, 0) is 67.0 Å². The fraction of sp³-hybridized carbons (Fsp3) is 0.393. The van der Waals surface area contributed by atoms with Gasteiger partial charge in [-0.15, -0.1) is 0 Å². The van der Waals surface area contributed by atoms with Gasteiger partial charge in [0, 0.05) is 48.8 Å². The molecular formula is C28H34FN3O3. The zero-order chi connectivity index (χ0) is 25.7. The van der Waals surface area contributed by atoms with Crippen molar-refractivity contribution in [3.05, 3.63) is 87.3 Å². The Bertz CT molecular complexity index is 1230. The van der Waals surface area contributed by atoms with Crippen LogP contribution in [0.3, 0.4) is 0 Å². The van der Waals surface area contributed by atoms with Gasteiger partial charge in [0.25, 0.3) is 5.56 Å². The molecule has 6 nitrogen and oxygen atoms in total. The minimum absolute atomic E-state index is 0.149. The number of rotatable bonds is 10. The molecule has 3 aromatic rings. The number of aryl methyl sites for hydroxylation is 3. The minimum Gasteiger partial charge on any atom is -0.481 e. The van der Waals surface area contributed by atoms with Crippen LogP contribution in [0, 0.1) is 32.5 Å². The third kappa shape index (κ3) is 6.63. The maximum absolute atomic E-state index is 14.3. The quantitative estimate of drug-likeness (QED) is 0.409. The zero-order valence-corrected chi connectivity index (χ0v) is 21.0. The third-order valence-corrected chi connectivity index (χ3v) is 6.27. The predicted octanol–water partition coefficient (Wildman–Crippen LogP) is 5.37. The summed E-state index contributed by atoms with van der Waals surface area (Å²) in [5.74, 6) is -1.13. The molecule has 7 heteroatoms. The van der Waals surface area contributed by atoms with Crippen LogP contribution in [0.4, 0.5) is 4.39 Å². The van der Waals surface area contributed by atoms with E-state index in [-0.39, 0.29) is 23.9 Å². The molecule has 0 aliphatic heterocycles. The highest BCUT2D eigenvalue weighted by molar-refractivity contribution is 5.71. The monoisotopic (exact) mass is 479 g/mol. The van der Waals surface area contributed by atoms with Gasteiger partial charge in [-0.1, -0.05) is 32.0 Å². The molecule has 0 fully saturated rings. The van der Waals surface area contributed by atoms with Crippen molar-refractivity contribution in [2.24, 2.45) is 5.92 Å². The average molecular weight is 480 g/mol. The maximum Gasteiger partial charge on any atom is 0.305 e. The molecular weight excluding hydrogens is 445 g/mol. The van der Waals surface area contributed by atoms with Crippen LogP contribution < -0.4 is 10.9 Å². The van der Waals surface area contributed by atoms with E-state index in [4.69, 9.17) is 0 Å². The number of nitrogens with one attached hydrogen (secondary N) is 1. The lowest BCUT2D eigenvalue weighted by Gasteiger charge is -2.26. The number of pyridine rings is 2. The van der Waals surface area contributed by atoms with Crippen LogP contribution in [0.5, 0.6) is 0 Å². The molecule has 2 heterocycles. The van der Waals surface area contributed by atoms with Gasteiger partial charge in [0.1, 0.15) is 5.82 Å². The number of aromatic nitrogens is 2. The standard InChI is InChI=1S/C28H34FN3O3/c1-17(2)9-23(32-16-24(29)20(5)10-26(32)33)15-31-25(12-27(34)35)21-11-22(14-30-13-21)28-18(3)7-6-8-19(28)4/h6-8,10-11,13-14,16-17,23,25,31H,9,12,15H2,1-5H3,(H,34,35)/t23?,25-/m0/s1. The Labute approximate surface area is 205 Å². The topological polar surface area (TPSA) is 84.2 Å². The second kappa shape index (κ2) is 11.4. The molecule has 2 aromatic heterocycles. The fourth-order valence-electron chi connectivity index (χ4n) is 4.56. The summed E-state index contributed by atoms with van der Waals surface area (Å²) < 4.78 is 15.7.